The highest BCUT2D eigenvalue weighted by molar-refractivity contribution is 5.80. The molecular weight excluding hydrogens is 253 g/mol. The van der Waals surface area contributed by atoms with E-state index in [1.54, 1.807) is 0 Å². The van der Waals surface area contributed by atoms with Crippen LogP contribution in [0.5, 0.6) is 0 Å². The maximum Gasteiger partial charge on any atom is 0.490 e. The Labute approximate surface area is 102 Å². The summed E-state index contributed by atoms with van der Waals surface area (Å²) in [6.45, 7) is -0.305. The molecule has 0 atom stereocenters. The van der Waals surface area contributed by atoms with Gasteiger partial charge in [0.25, 0.3) is 0 Å². The summed E-state index contributed by atoms with van der Waals surface area (Å²) in [4.78, 5) is 31.3. The largest absolute Gasteiger partial charge is 0.490 e. The average molecular weight is 268 g/mol. The minimum absolute atomic E-state index is 0.0469. The highest BCUT2D eigenvalue weighted by Gasteiger charge is 2.40. The molecule has 0 aliphatic carbocycles. The van der Waals surface area contributed by atoms with Crippen LogP contribution in [-0.2, 0) is 19.1 Å². The van der Waals surface area contributed by atoms with Crippen LogP contribution in [0.15, 0.2) is 0 Å². The highest BCUT2D eigenvalue weighted by Crippen LogP contribution is 2.16. The Morgan fingerprint density at radius 3 is 2.28 bits per heavy atom. The van der Waals surface area contributed by atoms with Gasteiger partial charge in [-0.2, -0.15) is 13.2 Å². The molecule has 4 nitrogen and oxygen atoms in total. The molecule has 0 aromatic carbocycles. The van der Waals surface area contributed by atoms with Crippen molar-refractivity contribution in [1.29, 1.82) is 0 Å². The number of ketones is 1. The molecule has 104 valence electrons. The molecular formula is C11H15F3O4. The smallest absolute Gasteiger partial charge is 0.459 e. The van der Waals surface area contributed by atoms with Crippen LogP contribution in [-0.4, -0.2) is 30.8 Å². The van der Waals surface area contributed by atoms with Gasteiger partial charge in [0.1, 0.15) is 12.1 Å². The summed E-state index contributed by atoms with van der Waals surface area (Å²) in [7, 11) is 0. The number of aldehydes is 1. The van der Waals surface area contributed by atoms with E-state index in [0.717, 1.165) is 0 Å². The van der Waals surface area contributed by atoms with Crippen molar-refractivity contribution >= 4 is 18.0 Å². The lowest BCUT2D eigenvalue weighted by Gasteiger charge is -2.06. The summed E-state index contributed by atoms with van der Waals surface area (Å²) in [6, 6.07) is 0. The molecule has 0 rings (SSSR count). The monoisotopic (exact) mass is 268 g/mol. The van der Waals surface area contributed by atoms with Gasteiger partial charge in [-0.1, -0.05) is 0 Å². The van der Waals surface area contributed by atoms with Gasteiger partial charge >= 0.3 is 12.1 Å². The fraction of sp³-hybridized carbons (Fsp3) is 0.727. The van der Waals surface area contributed by atoms with Gasteiger partial charge in [-0.3, -0.25) is 4.79 Å². The fourth-order valence-electron chi connectivity index (χ4n) is 1.19. The molecule has 0 radical (unpaired) electrons. The Morgan fingerprint density at radius 2 is 1.72 bits per heavy atom. The molecule has 0 aromatic heterocycles. The van der Waals surface area contributed by atoms with E-state index >= 15 is 0 Å². The van der Waals surface area contributed by atoms with E-state index in [2.05, 4.69) is 4.74 Å². The molecule has 0 bridgehead atoms. The second-order valence-electron chi connectivity index (χ2n) is 3.69. The van der Waals surface area contributed by atoms with Crippen LogP contribution < -0.4 is 0 Å². The van der Waals surface area contributed by atoms with Crippen molar-refractivity contribution < 1.29 is 32.3 Å². The van der Waals surface area contributed by atoms with E-state index in [0.29, 0.717) is 25.5 Å². The van der Waals surface area contributed by atoms with Gasteiger partial charge in [-0.25, -0.2) is 4.79 Å². The van der Waals surface area contributed by atoms with Crippen molar-refractivity contribution in [2.24, 2.45) is 0 Å². The molecule has 0 heterocycles. The molecule has 7 heteroatoms. The van der Waals surface area contributed by atoms with Gasteiger partial charge in [0.05, 0.1) is 6.61 Å². The average Bonchev–Trinajstić information content (AvgIpc) is 2.29. The number of carbonyl (C=O) groups excluding carboxylic acids is 3. The van der Waals surface area contributed by atoms with Crippen LogP contribution in [0.1, 0.15) is 38.5 Å². The lowest BCUT2D eigenvalue weighted by molar-refractivity contribution is -0.199. The van der Waals surface area contributed by atoms with Gasteiger partial charge in [0.15, 0.2) is 0 Å². The van der Waals surface area contributed by atoms with Gasteiger partial charge in [-0.15, -0.1) is 0 Å². The minimum Gasteiger partial charge on any atom is -0.459 e. The first-order chi connectivity index (χ1) is 8.38. The summed E-state index contributed by atoms with van der Waals surface area (Å²) < 4.78 is 39.1. The normalized spacial score (nSPS) is 11.1. The van der Waals surface area contributed by atoms with Crippen LogP contribution in [0.25, 0.3) is 0 Å². The fourth-order valence-corrected chi connectivity index (χ4v) is 1.19. The van der Waals surface area contributed by atoms with Gasteiger partial charge in [0.2, 0.25) is 0 Å². The predicted octanol–water partition coefficient (Wildman–Crippen LogP) is 2.20. The summed E-state index contributed by atoms with van der Waals surface area (Å²) in [5.41, 5.74) is 0. The van der Waals surface area contributed by atoms with E-state index in [4.69, 9.17) is 0 Å². The number of ether oxygens (including phenoxy) is 1. The highest BCUT2D eigenvalue weighted by atomic mass is 19.4. The van der Waals surface area contributed by atoms with Gasteiger partial charge in [0, 0.05) is 19.3 Å². The number of carbonyl (C=O) groups is 3. The minimum atomic E-state index is -4.95. The van der Waals surface area contributed by atoms with Crippen LogP contribution >= 0.6 is 0 Å². The maximum atomic E-state index is 11.7. The Bertz CT molecular complexity index is 287. The zero-order chi connectivity index (χ0) is 14.0. The van der Waals surface area contributed by atoms with Crippen molar-refractivity contribution in [1.82, 2.24) is 0 Å². The molecule has 0 unspecified atom stereocenters. The zero-order valence-electron chi connectivity index (χ0n) is 9.79. The molecule has 0 aliphatic heterocycles. The van der Waals surface area contributed by atoms with Crippen LogP contribution in [0.3, 0.4) is 0 Å². The number of esters is 1. The third kappa shape index (κ3) is 8.72. The number of alkyl halides is 3. The zero-order valence-corrected chi connectivity index (χ0v) is 9.79. The molecule has 18 heavy (non-hydrogen) atoms. The van der Waals surface area contributed by atoms with E-state index in [-0.39, 0.29) is 31.7 Å². The summed E-state index contributed by atoms with van der Waals surface area (Å²) in [5, 5.41) is 0. The standard InChI is InChI=1S/C11H15F3O4/c12-11(13,14)10(17)18-8-3-1-2-5-9(16)6-4-7-15/h7H,1-6,8H2. The molecule has 0 N–H and O–H groups in total. The predicted molar refractivity (Wildman–Crippen MR) is 55.8 cm³/mol. The molecule has 0 saturated heterocycles. The van der Waals surface area contributed by atoms with E-state index in [1.165, 1.54) is 0 Å². The number of rotatable bonds is 9. The van der Waals surface area contributed by atoms with Crippen molar-refractivity contribution in [3.8, 4) is 0 Å². The third-order valence-electron chi connectivity index (χ3n) is 2.11. The summed E-state index contributed by atoms with van der Waals surface area (Å²) in [5.74, 6) is -2.24. The van der Waals surface area contributed by atoms with Crippen molar-refractivity contribution in [3.05, 3.63) is 0 Å². The number of halogens is 3. The quantitative estimate of drug-likeness (QED) is 0.365. The van der Waals surface area contributed by atoms with Crippen molar-refractivity contribution in [2.75, 3.05) is 6.61 Å². The van der Waals surface area contributed by atoms with Crippen LogP contribution in [0.4, 0.5) is 13.2 Å². The first-order valence-corrected chi connectivity index (χ1v) is 5.57. The molecule has 0 saturated carbocycles. The van der Waals surface area contributed by atoms with E-state index < -0.39 is 12.1 Å². The molecule has 0 aliphatic rings. The third-order valence-corrected chi connectivity index (χ3v) is 2.11. The van der Waals surface area contributed by atoms with E-state index in [1.807, 2.05) is 0 Å². The number of hydrogen-bond acceptors (Lipinski definition) is 4. The maximum absolute atomic E-state index is 11.7. The Kier molecular flexibility index (Phi) is 7.98. The molecule has 0 fully saturated rings. The number of unbranched alkanes of at least 4 members (excludes halogenated alkanes) is 2. The Balaban J connectivity index is 3.44. The number of hydrogen-bond donors (Lipinski definition) is 0. The topological polar surface area (TPSA) is 60.4 Å². The SMILES string of the molecule is O=CCCC(=O)CCCCCOC(=O)C(F)(F)F. The first-order valence-electron chi connectivity index (χ1n) is 5.57. The van der Waals surface area contributed by atoms with Gasteiger partial charge in [-0.05, 0) is 19.3 Å². The van der Waals surface area contributed by atoms with Crippen LogP contribution in [0, 0.1) is 0 Å². The second kappa shape index (κ2) is 8.66. The number of Topliss-reactive ketones (excluding diaryl/α,β-unsaturated/α-hetero) is 1. The first kappa shape index (κ1) is 16.6. The lowest BCUT2D eigenvalue weighted by atomic mass is 10.1. The van der Waals surface area contributed by atoms with Gasteiger partial charge < -0.3 is 9.53 Å². The molecule has 0 amide bonds. The Morgan fingerprint density at radius 1 is 1.06 bits per heavy atom. The molecule has 0 aromatic rings. The molecule has 0 spiro atoms. The van der Waals surface area contributed by atoms with Crippen LogP contribution in [0.2, 0.25) is 0 Å². The van der Waals surface area contributed by atoms with E-state index in [9.17, 15) is 27.6 Å². The van der Waals surface area contributed by atoms with Crippen molar-refractivity contribution in [2.45, 2.75) is 44.7 Å². The summed E-state index contributed by atoms with van der Waals surface area (Å²) >= 11 is 0. The lowest BCUT2D eigenvalue weighted by Crippen LogP contribution is -2.25. The summed E-state index contributed by atoms with van der Waals surface area (Å²) in [6.07, 6.45) is -2.31. The second-order valence-corrected chi connectivity index (χ2v) is 3.69. The Hall–Kier alpha value is -1.40. The van der Waals surface area contributed by atoms with Crippen molar-refractivity contribution in [3.63, 3.8) is 0 Å².